The summed E-state index contributed by atoms with van der Waals surface area (Å²) in [5.41, 5.74) is 0. The monoisotopic (exact) mass is 286 g/mol. The van der Waals surface area contributed by atoms with Crippen molar-refractivity contribution in [1.29, 1.82) is 0 Å². The fourth-order valence-corrected chi connectivity index (χ4v) is 2.09. The number of likely N-dealkylation sites (N-methyl/N-ethyl adjacent to an activating group) is 1. The molecule has 0 spiro atoms. The number of ether oxygens (including phenoxy) is 1. The van der Waals surface area contributed by atoms with Crippen molar-refractivity contribution in [2.24, 2.45) is 0 Å². The SMILES string of the molecule is CCNC(=O)CN1CCN(C(=O)CNCCOC)CC1. The van der Waals surface area contributed by atoms with Crippen molar-refractivity contribution in [3.8, 4) is 0 Å². The summed E-state index contributed by atoms with van der Waals surface area (Å²) >= 11 is 0. The Morgan fingerprint density at radius 3 is 2.50 bits per heavy atom. The van der Waals surface area contributed by atoms with E-state index in [4.69, 9.17) is 4.74 Å². The van der Waals surface area contributed by atoms with E-state index in [1.54, 1.807) is 7.11 Å². The Balaban J connectivity index is 2.17. The van der Waals surface area contributed by atoms with Crippen LogP contribution in [0.2, 0.25) is 0 Å². The molecule has 7 heteroatoms. The zero-order chi connectivity index (χ0) is 14.8. The normalized spacial score (nSPS) is 16.2. The number of carbonyl (C=O) groups is 2. The molecule has 20 heavy (non-hydrogen) atoms. The maximum Gasteiger partial charge on any atom is 0.236 e. The lowest BCUT2D eigenvalue weighted by Gasteiger charge is -2.34. The van der Waals surface area contributed by atoms with Crippen molar-refractivity contribution in [3.63, 3.8) is 0 Å². The van der Waals surface area contributed by atoms with E-state index in [2.05, 4.69) is 15.5 Å². The predicted molar refractivity (Wildman–Crippen MR) is 76.4 cm³/mol. The molecule has 0 aromatic heterocycles. The molecule has 1 rings (SSSR count). The van der Waals surface area contributed by atoms with Gasteiger partial charge in [0, 0.05) is 46.4 Å². The molecule has 1 fully saturated rings. The van der Waals surface area contributed by atoms with E-state index in [0.29, 0.717) is 45.9 Å². The van der Waals surface area contributed by atoms with Crippen LogP contribution in [0.1, 0.15) is 6.92 Å². The molecule has 0 saturated carbocycles. The van der Waals surface area contributed by atoms with Gasteiger partial charge in [0.2, 0.25) is 11.8 Å². The molecule has 0 aromatic carbocycles. The smallest absolute Gasteiger partial charge is 0.236 e. The highest BCUT2D eigenvalue weighted by molar-refractivity contribution is 5.79. The van der Waals surface area contributed by atoms with Crippen LogP contribution in [0.15, 0.2) is 0 Å². The number of nitrogens with zero attached hydrogens (tertiary/aromatic N) is 2. The van der Waals surface area contributed by atoms with Crippen LogP contribution in [0.4, 0.5) is 0 Å². The second kappa shape index (κ2) is 9.68. The summed E-state index contributed by atoms with van der Waals surface area (Å²) in [6, 6.07) is 0. The van der Waals surface area contributed by atoms with Crippen molar-refractivity contribution >= 4 is 11.8 Å². The highest BCUT2D eigenvalue weighted by Crippen LogP contribution is 2.01. The van der Waals surface area contributed by atoms with Gasteiger partial charge < -0.3 is 20.3 Å². The molecule has 2 N–H and O–H groups in total. The second-order valence-corrected chi connectivity index (χ2v) is 4.78. The van der Waals surface area contributed by atoms with Gasteiger partial charge in [-0.05, 0) is 6.92 Å². The Kier molecular flexibility index (Phi) is 8.17. The topological polar surface area (TPSA) is 73.9 Å². The van der Waals surface area contributed by atoms with E-state index in [1.807, 2.05) is 11.8 Å². The van der Waals surface area contributed by atoms with Gasteiger partial charge in [0.05, 0.1) is 19.7 Å². The van der Waals surface area contributed by atoms with Gasteiger partial charge in [-0.1, -0.05) is 0 Å². The number of methoxy groups -OCH3 is 1. The third kappa shape index (κ3) is 6.31. The van der Waals surface area contributed by atoms with Crippen molar-refractivity contribution in [2.45, 2.75) is 6.92 Å². The molecule has 1 heterocycles. The summed E-state index contributed by atoms with van der Waals surface area (Å²) in [7, 11) is 1.64. The average Bonchev–Trinajstić information content (AvgIpc) is 2.44. The van der Waals surface area contributed by atoms with E-state index in [-0.39, 0.29) is 11.8 Å². The molecule has 0 radical (unpaired) electrons. The average molecular weight is 286 g/mol. The molecule has 0 aliphatic carbocycles. The number of carbonyl (C=O) groups excluding carboxylic acids is 2. The van der Waals surface area contributed by atoms with Gasteiger partial charge in [0.1, 0.15) is 0 Å². The van der Waals surface area contributed by atoms with E-state index < -0.39 is 0 Å². The molecule has 0 aromatic rings. The van der Waals surface area contributed by atoms with Crippen molar-refractivity contribution in [1.82, 2.24) is 20.4 Å². The van der Waals surface area contributed by atoms with Gasteiger partial charge in [0.25, 0.3) is 0 Å². The first kappa shape index (κ1) is 16.9. The lowest BCUT2D eigenvalue weighted by Crippen LogP contribution is -2.52. The Bertz CT molecular complexity index is 304. The van der Waals surface area contributed by atoms with Gasteiger partial charge in [-0.25, -0.2) is 0 Å². The predicted octanol–water partition coefficient (Wildman–Crippen LogP) is -1.50. The highest BCUT2D eigenvalue weighted by Gasteiger charge is 2.21. The van der Waals surface area contributed by atoms with Crippen molar-refractivity contribution in [2.75, 3.05) is 66.1 Å². The van der Waals surface area contributed by atoms with Crippen LogP contribution in [0.3, 0.4) is 0 Å². The molecule has 0 unspecified atom stereocenters. The van der Waals surface area contributed by atoms with Crippen molar-refractivity contribution < 1.29 is 14.3 Å². The Hall–Kier alpha value is -1.18. The van der Waals surface area contributed by atoms with E-state index in [0.717, 1.165) is 13.1 Å². The van der Waals surface area contributed by atoms with Crippen LogP contribution < -0.4 is 10.6 Å². The minimum atomic E-state index is 0.0495. The molecule has 2 amide bonds. The van der Waals surface area contributed by atoms with Crippen LogP contribution in [-0.4, -0.2) is 87.7 Å². The maximum atomic E-state index is 11.9. The van der Waals surface area contributed by atoms with E-state index in [9.17, 15) is 9.59 Å². The summed E-state index contributed by atoms with van der Waals surface area (Å²) in [4.78, 5) is 27.3. The van der Waals surface area contributed by atoms with E-state index in [1.165, 1.54) is 0 Å². The van der Waals surface area contributed by atoms with Crippen LogP contribution >= 0.6 is 0 Å². The second-order valence-electron chi connectivity index (χ2n) is 4.78. The van der Waals surface area contributed by atoms with E-state index >= 15 is 0 Å². The minimum absolute atomic E-state index is 0.0495. The molecule has 0 bridgehead atoms. The summed E-state index contributed by atoms with van der Waals surface area (Å²) in [5.74, 6) is 0.160. The molecular formula is C13H26N4O3. The Labute approximate surface area is 120 Å². The first-order valence-corrected chi connectivity index (χ1v) is 7.13. The third-order valence-electron chi connectivity index (χ3n) is 3.23. The third-order valence-corrected chi connectivity index (χ3v) is 3.23. The minimum Gasteiger partial charge on any atom is -0.383 e. The molecule has 116 valence electrons. The summed E-state index contributed by atoms with van der Waals surface area (Å²) < 4.78 is 4.91. The molecule has 1 saturated heterocycles. The molecular weight excluding hydrogens is 260 g/mol. The maximum absolute atomic E-state index is 11.9. The number of piperazine rings is 1. The van der Waals surface area contributed by atoms with Gasteiger partial charge in [-0.2, -0.15) is 0 Å². The Morgan fingerprint density at radius 1 is 1.20 bits per heavy atom. The number of amides is 2. The summed E-state index contributed by atoms with van der Waals surface area (Å²) in [5, 5.41) is 5.83. The Morgan fingerprint density at radius 2 is 1.90 bits per heavy atom. The highest BCUT2D eigenvalue weighted by atomic mass is 16.5. The van der Waals surface area contributed by atoms with Crippen molar-refractivity contribution in [3.05, 3.63) is 0 Å². The van der Waals surface area contributed by atoms with Crippen LogP contribution in [-0.2, 0) is 14.3 Å². The number of nitrogens with one attached hydrogen (secondary N) is 2. The zero-order valence-electron chi connectivity index (χ0n) is 12.5. The quantitative estimate of drug-likeness (QED) is 0.532. The number of hydrogen-bond acceptors (Lipinski definition) is 5. The first-order valence-electron chi connectivity index (χ1n) is 7.13. The molecule has 1 aliphatic rings. The lowest BCUT2D eigenvalue weighted by molar-refractivity contribution is -0.132. The first-order chi connectivity index (χ1) is 9.67. The van der Waals surface area contributed by atoms with Gasteiger partial charge in [-0.15, -0.1) is 0 Å². The number of rotatable bonds is 8. The fourth-order valence-electron chi connectivity index (χ4n) is 2.09. The molecule has 0 atom stereocenters. The standard InChI is InChI=1S/C13H26N4O3/c1-3-15-12(18)11-16-5-7-17(8-6-16)13(19)10-14-4-9-20-2/h14H,3-11H2,1-2H3,(H,15,18). The van der Waals surface area contributed by atoms with Crippen LogP contribution in [0.25, 0.3) is 0 Å². The number of hydrogen-bond donors (Lipinski definition) is 2. The van der Waals surface area contributed by atoms with Gasteiger partial charge >= 0.3 is 0 Å². The summed E-state index contributed by atoms with van der Waals surface area (Å²) in [6.45, 7) is 7.49. The van der Waals surface area contributed by atoms with Crippen LogP contribution in [0, 0.1) is 0 Å². The summed E-state index contributed by atoms with van der Waals surface area (Å²) in [6.07, 6.45) is 0. The largest absolute Gasteiger partial charge is 0.383 e. The van der Waals surface area contributed by atoms with Gasteiger partial charge in [-0.3, -0.25) is 14.5 Å². The van der Waals surface area contributed by atoms with Crippen LogP contribution in [0.5, 0.6) is 0 Å². The lowest BCUT2D eigenvalue weighted by atomic mass is 10.3. The molecule has 7 nitrogen and oxygen atoms in total. The molecule has 1 aliphatic heterocycles. The van der Waals surface area contributed by atoms with Gasteiger partial charge in [0.15, 0.2) is 0 Å². The fraction of sp³-hybridized carbons (Fsp3) is 0.846. The zero-order valence-corrected chi connectivity index (χ0v) is 12.5.